The van der Waals surface area contributed by atoms with Crippen molar-refractivity contribution < 1.29 is 0 Å². The molecule has 11 aromatic carbocycles. The summed E-state index contributed by atoms with van der Waals surface area (Å²) < 4.78 is 0. The van der Waals surface area contributed by atoms with Gasteiger partial charge in [-0.25, -0.2) is 4.99 Å². The van der Waals surface area contributed by atoms with E-state index in [2.05, 4.69) is 163 Å². The number of amidine groups is 2. The zero-order chi connectivity index (χ0) is 48.6. The van der Waals surface area contributed by atoms with Crippen LogP contribution in [0.2, 0.25) is 0 Å². The fourth-order valence-corrected chi connectivity index (χ4v) is 9.48. The van der Waals surface area contributed by atoms with Crippen molar-refractivity contribution in [2.24, 2.45) is 15.7 Å². The molecule has 0 aliphatic carbocycles. The van der Waals surface area contributed by atoms with E-state index in [0.29, 0.717) is 24.6 Å². The van der Waals surface area contributed by atoms with Crippen LogP contribution in [0.1, 0.15) is 33.4 Å². The van der Waals surface area contributed by atoms with E-state index in [4.69, 9.17) is 21.1 Å². The third-order valence-electron chi connectivity index (χ3n) is 13.3. The molecule has 0 radical (unpaired) electrons. The van der Waals surface area contributed by atoms with Gasteiger partial charge in [-0.3, -0.25) is 10.4 Å². The Labute approximate surface area is 420 Å². The van der Waals surface area contributed by atoms with Crippen molar-refractivity contribution in [3.63, 3.8) is 0 Å². The predicted molar refractivity (Wildman–Crippen MR) is 304 cm³/mol. The maximum absolute atomic E-state index is 9.03. The molecule has 0 heterocycles. The summed E-state index contributed by atoms with van der Waals surface area (Å²) >= 11 is 0. The molecular formula is C67H51N5. The van der Waals surface area contributed by atoms with Crippen molar-refractivity contribution in [3.8, 4) is 33.4 Å². The molecule has 0 saturated heterocycles. The molecule has 0 unspecified atom stereocenters. The smallest absolute Gasteiger partial charge is 0.154 e. The predicted octanol–water partition coefficient (Wildman–Crippen LogP) is 15.7. The Morgan fingerprint density at radius 2 is 0.944 bits per heavy atom. The van der Waals surface area contributed by atoms with Gasteiger partial charge < -0.3 is 11.1 Å². The number of rotatable bonds is 12. The third kappa shape index (κ3) is 9.86. The highest BCUT2D eigenvalue weighted by Crippen LogP contribution is 2.37. The molecule has 0 aromatic heterocycles. The molecule has 11 aromatic rings. The summed E-state index contributed by atoms with van der Waals surface area (Å²) in [5.74, 6) is 0.880. The number of hydrogen-bond donors (Lipinski definition) is 3. The maximum atomic E-state index is 9.03. The lowest BCUT2D eigenvalue weighted by Gasteiger charge is -2.14. The van der Waals surface area contributed by atoms with Crippen LogP contribution in [0.25, 0.3) is 71.4 Å². The van der Waals surface area contributed by atoms with Gasteiger partial charge in [0.1, 0.15) is 5.84 Å². The van der Waals surface area contributed by atoms with E-state index >= 15 is 0 Å². The Morgan fingerprint density at radius 3 is 1.58 bits per heavy atom. The number of nitrogens with two attached hydrogens (primary N) is 1. The largest absolute Gasteiger partial charge is 0.398 e. The Hall–Kier alpha value is -9.45. The number of nitrogens with one attached hydrogen (secondary N) is 2. The third-order valence-corrected chi connectivity index (χ3v) is 13.3. The molecule has 4 N–H and O–H groups in total. The van der Waals surface area contributed by atoms with Crippen molar-refractivity contribution >= 4 is 55.4 Å². The van der Waals surface area contributed by atoms with Gasteiger partial charge in [0.05, 0.1) is 12.3 Å². The number of allylic oxidation sites excluding steroid dienone is 1. The highest BCUT2D eigenvalue weighted by Gasteiger charge is 2.13. The molecule has 5 heteroatoms. The minimum absolute atomic E-state index is 0.218. The molecule has 0 fully saturated rings. The lowest BCUT2D eigenvalue weighted by Crippen LogP contribution is -2.25. The topological polar surface area (TPSA) is 86.6 Å². The first kappa shape index (κ1) is 45.0. The van der Waals surface area contributed by atoms with E-state index in [1.165, 1.54) is 32.7 Å². The molecular weight excluding hydrogens is 875 g/mol. The average Bonchev–Trinajstić information content (AvgIpc) is 3.45. The standard InChI is InChI=1S/C67H51N5/c68-64(43-65(52-18-6-2-7-19-52)70-44-46-15-4-1-5-16-46)51-35-33-49(34-36-51)55-38-40-60-57(42-55)24-14-27-62(60)61-26-13-23-56-41-54(37-39-59(56)61)48-31-29-47(30-32-48)45-71-67(53-20-8-3-9-21-53)72-66(69)63-28-12-22-50-17-10-11-25-58(50)63/h1-43H,44-45,68H2,(H2,69,71,72)/b64-43-,70-65+. The van der Waals surface area contributed by atoms with Gasteiger partial charge in [0.25, 0.3) is 0 Å². The molecule has 0 spiro atoms. The molecule has 0 atom stereocenters. The summed E-state index contributed by atoms with van der Waals surface area (Å²) in [6, 6.07) is 88.6. The van der Waals surface area contributed by atoms with Crippen LogP contribution < -0.4 is 11.1 Å². The quantitative estimate of drug-likeness (QED) is 0.0842. The minimum atomic E-state index is 0.218. The zero-order valence-electron chi connectivity index (χ0n) is 39.7. The van der Waals surface area contributed by atoms with Gasteiger partial charge in [-0.2, -0.15) is 0 Å². The number of hydrogen-bond acceptors (Lipinski definition) is 3. The lowest BCUT2D eigenvalue weighted by atomic mass is 9.91. The van der Waals surface area contributed by atoms with E-state index in [0.717, 1.165) is 72.1 Å². The summed E-state index contributed by atoms with van der Waals surface area (Å²) in [7, 11) is 0. The fraction of sp³-hybridized carbons (Fsp3) is 0.0299. The second-order valence-corrected chi connectivity index (χ2v) is 18.0. The second-order valence-electron chi connectivity index (χ2n) is 18.0. The van der Waals surface area contributed by atoms with Crippen molar-refractivity contribution in [1.29, 1.82) is 5.41 Å². The minimum Gasteiger partial charge on any atom is -0.398 e. The van der Waals surface area contributed by atoms with Crippen LogP contribution in [0.3, 0.4) is 0 Å². The van der Waals surface area contributed by atoms with E-state index in [-0.39, 0.29) is 5.84 Å². The first-order valence-corrected chi connectivity index (χ1v) is 24.3. The first-order valence-electron chi connectivity index (χ1n) is 24.3. The van der Waals surface area contributed by atoms with E-state index in [9.17, 15) is 0 Å². The van der Waals surface area contributed by atoms with Crippen LogP contribution in [-0.4, -0.2) is 17.4 Å². The number of benzene rings is 11. The Balaban J connectivity index is 0.803. The van der Waals surface area contributed by atoms with Gasteiger partial charge in [0.2, 0.25) is 0 Å². The van der Waals surface area contributed by atoms with Crippen molar-refractivity contribution in [2.45, 2.75) is 13.1 Å². The maximum Gasteiger partial charge on any atom is 0.154 e. The van der Waals surface area contributed by atoms with Crippen molar-refractivity contribution in [1.82, 2.24) is 5.32 Å². The molecule has 344 valence electrons. The highest BCUT2D eigenvalue weighted by atomic mass is 15.0. The molecule has 0 bridgehead atoms. The van der Waals surface area contributed by atoms with Crippen molar-refractivity contribution in [3.05, 3.63) is 294 Å². The lowest BCUT2D eigenvalue weighted by molar-refractivity contribution is 0.915. The van der Waals surface area contributed by atoms with Crippen LogP contribution in [0, 0.1) is 5.41 Å². The summed E-state index contributed by atoms with van der Waals surface area (Å²) in [6.45, 7) is 1.14. The molecule has 0 saturated carbocycles. The van der Waals surface area contributed by atoms with Gasteiger partial charge in [-0.15, -0.1) is 0 Å². The Morgan fingerprint density at radius 1 is 0.431 bits per heavy atom. The number of aliphatic imine (C=N–C) groups is 2. The number of nitrogens with zero attached hydrogens (tertiary/aromatic N) is 2. The molecule has 72 heavy (non-hydrogen) atoms. The molecule has 11 rings (SSSR count). The summed E-state index contributed by atoms with van der Waals surface area (Å²) in [5.41, 5.74) is 21.3. The number of fused-ring (bicyclic) bond motifs is 3. The van der Waals surface area contributed by atoms with Crippen LogP contribution in [0.5, 0.6) is 0 Å². The second kappa shape index (κ2) is 20.6. The summed E-state index contributed by atoms with van der Waals surface area (Å²) in [6.07, 6.45) is 1.98. The van der Waals surface area contributed by atoms with Gasteiger partial charge in [0, 0.05) is 23.4 Å². The first-order chi connectivity index (χ1) is 35.5. The summed E-state index contributed by atoms with van der Waals surface area (Å²) in [5, 5.41) is 19.5. The normalized spacial score (nSPS) is 12.1. The van der Waals surface area contributed by atoms with Gasteiger partial charge >= 0.3 is 0 Å². The summed E-state index contributed by atoms with van der Waals surface area (Å²) in [4.78, 5) is 9.82. The van der Waals surface area contributed by atoms with Crippen LogP contribution in [0.4, 0.5) is 0 Å². The molecule has 0 aliphatic heterocycles. The van der Waals surface area contributed by atoms with Gasteiger partial charge in [0.15, 0.2) is 5.84 Å². The Bertz CT molecular complexity index is 3810. The van der Waals surface area contributed by atoms with Crippen LogP contribution in [-0.2, 0) is 13.1 Å². The average molecular weight is 926 g/mol. The van der Waals surface area contributed by atoms with Crippen LogP contribution in [0.15, 0.2) is 271 Å². The van der Waals surface area contributed by atoms with E-state index in [1.807, 2.05) is 103 Å². The Kier molecular flexibility index (Phi) is 12.9. The SMILES string of the molecule is N=C(/N=C(\NCc1ccc(-c2ccc3c(-c4cccc5cc(-c6ccc(/C(N)=C/C(=N\Cc7ccccc7)c7ccccc7)cc6)ccc45)cccc3c2)cc1)c1ccccc1)c1cccc2ccccc12. The van der Waals surface area contributed by atoms with Crippen molar-refractivity contribution in [2.75, 3.05) is 0 Å². The molecule has 0 amide bonds. The van der Waals surface area contributed by atoms with Gasteiger partial charge in [-0.05, 0) is 106 Å². The monoisotopic (exact) mass is 925 g/mol. The van der Waals surface area contributed by atoms with E-state index in [1.54, 1.807) is 0 Å². The molecule has 0 aliphatic rings. The highest BCUT2D eigenvalue weighted by molar-refractivity contribution is 6.15. The fourth-order valence-electron chi connectivity index (χ4n) is 9.48. The van der Waals surface area contributed by atoms with E-state index < -0.39 is 0 Å². The molecule has 5 nitrogen and oxygen atoms in total. The van der Waals surface area contributed by atoms with Gasteiger partial charge in [-0.1, -0.05) is 243 Å². The van der Waals surface area contributed by atoms with Crippen LogP contribution >= 0.6 is 0 Å². The zero-order valence-corrected chi connectivity index (χ0v) is 39.7.